The molecule has 9 heteroatoms. The minimum Gasteiger partial charge on any atom is -0.479 e. The Kier molecular flexibility index (Phi) is 5.03. The van der Waals surface area contributed by atoms with E-state index in [1.807, 2.05) is 0 Å². The molecule has 0 atom stereocenters. The number of hydrogen-bond donors (Lipinski definition) is 2. The maximum atomic E-state index is 14.5. The second-order valence-electron chi connectivity index (χ2n) is 6.38. The summed E-state index contributed by atoms with van der Waals surface area (Å²) in [5.41, 5.74) is 2.17. The first kappa shape index (κ1) is 18.7. The number of aromatic amines is 1. The fourth-order valence-electron chi connectivity index (χ4n) is 2.98. The van der Waals surface area contributed by atoms with E-state index < -0.39 is 17.6 Å². The Balaban J connectivity index is 1.47. The van der Waals surface area contributed by atoms with Crippen molar-refractivity contribution in [2.75, 3.05) is 12.4 Å². The van der Waals surface area contributed by atoms with Crippen LogP contribution in [0.3, 0.4) is 0 Å². The van der Waals surface area contributed by atoms with Gasteiger partial charge in [-0.2, -0.15) is 4.39 Å². The summed E-state index contributed by atoms with van der Waals surface area (Å²) in [6, 6.07) is 5.87. The van der Waals surface area contributed by atoms with Gasteiger partial charge in [0.2, 0.25) is 11.8 Å². The summed E-state index contributed by atoms with van der Waals surface area (Å²) in [6.07, 6.45) is 4.49. The number of fused-ring (bicyclic) bond motifs is 1. The van der Waals surface area contributed by atoms with Gasteiger partial charge in [-0.15, -0.1) is 0 Å². The zero-order valence-electron chi connectivity index (χ0n) is 15.3. The Hall–Kier alpha value is -3.62. The van der Waals surface area contributed by atoms with E-state index in [0.717, 1.165) is 6.20 Å². The van der Waals surface area contributed by atoms with Crippen LogP contribution in [-0.2, 0) is 13.0 Å². The number of methoxy groups -OCH3 is 1. The zero-order valence-corrected chi connectivity index (χ0v) is 15.3. The van der Waals surface area contributed by atoms with Crippen molar-refractivity contribution in [2.24, 2.45) is 0 Å². The second-order valence-corrected chi connectivity index (χ2v) is 6.38. The van der Waals surface area contributed by atoms with E-state index in [2.05, 4.69) is 25.3 Å². The highest BCUT2D eigenvalue weighted by Gasteiger charge is 2.12. The van der Waals surface area contributed by atoms with Crippen molar-refractivity contribution in [1.82, 2.24) is 19.9 Å². The van der Waals surface area contributed by atoms with Crippen molar-refractivity contribution < 1.29 is 17.9 Å². The third-order valence-corrected chi connectivity index (χ3v) is 4.42. The van der Waals surface area contributed by atoms with Gasteiger partial charge < -0.3 is 15.0 Å². The molecule has 0 spiro atoms. The van der Waals surface area contributed by atoms with Gasteiger partial charge in [-0.25, -0.2) is 23.7 Å². The number of H-pyrrole nitrogens is 1. The molecule has 0 fully saturated rings. The van der Waals surface area contributed by atoms with Gasteiger partial charge in [-0.05, 0) is 29.3 Å². The molecular weight excluding hydrogens is 383 g/mol. The molecule has 4 rings (SSSR count). The molecule has 4 aromatic rings. The van der Waals surface area contributed by atoms with Crippen LogP contribution in [0, 0.1) is 17.6 Å². The summed E-state index contributed by atoms with van der Waals surface area (Å²) in [5, 5.41) is 3.52. The predicted molar refractivity (Wildman–Crippen MR) is 101 cm³/mol. The molecular formula is C20H16F3N5O. The fraction of sp³-hybridized carbons (Fsp3) is 0.150. The van der Waals surface area contributed by atoms with Gasteiger partial charge in [0.15, 0.2) is 5.82 Å². The molecule has 2 N–H and O–H groups in total. The highest BCUT2D eigenvalue weighted by atomic mass is 19.1. The lowest BCUT2D eigenvalue weighted by Crippen LogP contribution is -2.05. The number of nitrogens with zero attached hydrogens (tertiary/aromatic N) is 3. The van der Waals surface area contributed by atoms with E-state index in [-0.39, 0.29) is 18.8 Å². The Morgan fingerprint density at radius 3 is 2.69 bits per heavy atom. The number of pyridine rings is 3. The molecule has 0 aliphatic rings. The highest BCUT2D eigenvalue weighted by molar-refractivity contribution is 5.80. The molecule has 6 nitrogen and oxygen atoms in total. The van der Waals surface area contributed by atoms with Gasteiger partial charge in [-0.1, -0.05) is 6.07 Å². The van der Waals surface area contributed by atoms with Crippen molar-refractivity contribution in [3.63, 3.8) is 0 Å². The SMILES string of the molecule is COc1ncc(CNc2ccc(Cc3c[nH]c4ncc(F)cc34)c(F)n2)cc1F. The first-order valence-electron chi connectivity index (χ1n) is 8.72. The summed E-state index contributed by atoms with van der Waals surface area (Å²) in [5.74, 6) is -1.47. The summed E-state index contributed by atoms with van der Waals surface area (Å²) < 4.78 is 46.4. The van der Waals surface area contributed by atoms with Crippen molar-refractivity contribution >= 4 is 16.9 Å². The van der Waals surface area contributed by atoms with Crippen LogP contribution in [0.5, 0.6) is 5.88 Å². The number of nitrogens with one attached hydrogen (secondary N) is 2. The number of ether oxygens (including phenoxy) is 1. The van der Waals surface area contributed by atoms with E-state index in [1.54, 1.807) is 18.3 Å². The number of rotatable bonds is 6. The normalized spacial score (nSPS) is 11.0. The van der Waals surface area contributed by atoms with Crippen molar-refractivity contribution in [2.45, 2.75) is 13.0 Å². The number of aromatic nitrogens is 4. The molecule has 0 radical (unpaired) electrons. The number of hydrogen-bond acceptors (Lipinski definition) is 5. The zero-order chi connectivity index (χ0) is 20.4. The first-order valence-corrected chi connectivity index (χ1v) is 8.72. The average molecular weight is 399 g/mol. The summed E-state index contributed by atoms with van der Waals surface area (Å²) in [6.45, 7) is 0.215. The minimum absolute atomic E-state index is 0.0883. The molecule has 4 heterocycles. The smallest absolute Gasteiger partial charge is 0.250 e. The molecule has 4 aromatic heterocycles. The summed E-state index contributed by atoms with van der Waals surface area (Å²) >= 11 is 0. The van der Waals surface area contributed by atoms with Crippen LogP contribution < -0.4 is 10.1 Å². The van der Waals surface area contributed by atoms with E-state index in [4.69, 9.17) is 4.74 Å². The Labute approximate surface area is 163 Å². The van der Waals surface area contributed by atoms with Crippen LogP contribution in [0.4, 0.5) is 19.0 Å². The Morgan fingerprint density at radius 1 is 1.07 bits per heavy atom. The fourth-order valence-corrected chi connectivity index (χ4v) is 2.98. The molecule has 0 saturated carbocycles. The van der Waals surface area contributed by atoms with E-state index in [0.29, 0.717) is 33.5 Å². The largest absolute Gasteiger partial charge is 0.479 e. The van der Waals surface area contributed by atoms with E-state index in [1.165, 1.54) is 25.4 Å². The van der Waals surface area contributed by atoms with Crippen LogP contribution in [-0.4, -0.2) is 27.0 Å². The van der Waals surface area contributed by atoms with Gasteiger partial charge in [-0.3, -0.25) is 0 Å². The third kappa shape index (κ3) is 3.98. The molecule has 0 saturated heterocycles. The first-order chi connectivity index (χ1) is 14.0. The van der Waals surface area contributed by atoms with E-state index >= 15 is 0 Å². The maximum absolute atomic E-state index is 14.5. The lowest BCUT2D eigenvalue weighted by Gasteiger charge is -2.09. The predicted octanol–water partition coefficient (Wildman–Crippen LogP) is 3.98. The van der Waals surface area contributed by atoms with Crippen molar-refractivity contribution in [1.29, 1.82) is 0 Å². The minimum atomic E-state index is -0.646. The van der Waals surface area contributed by atoms with Crippen LogP contribution in [0.25, 0.3) is 11.0 Å². The standard InChI is InChI=1S/C20H16F3N5O/c1-29-20-16(22)4-11(8-27-20)7-24-17-3-2-12(18(23)28-17)5-13-9-25-19-15(13)6-14(21)10-26-19/h2-4,6,8-10H,5,7H2,1H3,(H,24,28)(H,25,26). The molecule has 0 aliphatic carbocycles. The maximum Gasteiger partial charge on any atom is 0.250 e. The van der Waals surface area contributed by atoms with E-state index in [9.17, 15) is 13.2 Å². The topological polar surface area (TPSA) is 75.7 Å². The van der Waals surface area contributed by atoms with Gasteiger partial charge in [0.05, 0.1) is 13.3 Å². The molecule has 29 heavy (non-hydrogen) atoms. The lowest BCUT2D eigenvalue weighted by molar-refractivity contribution is 0.368. The highest BCUT2D eigenvalue weighted by Crippen LogP contribution is 2.22. The lowest BCUT2D eigenvalue weighted by atomic mass is 10.1. The quantitative estimate of drug-likeness (QED) is 0.480. The molecule has 0 amide bonds. The second kappa shape index (κ2) is 7.78. The molecule has 0 aromatic carbocycles. The number of anilines is 1. The van der Waals surface area contributed by atoms with Gasteiger partial charge >= 0.3 is 0 Å². The summed E-state index contributed by atoms with van der Waals surface area (Å²) in [7, 11) is 1.33. The van der Waals surface area contributed by atoms with Crippen LogP contribution >= 0.6 is 0 Å². The molecule has 0 unspecified atom stereocenters. The van der Waals surface area contributed by atoms with Crippen LogP contribution in [0.1, 0.15) is 16.7 Å². The third-order valence-electron chi connectivity index (χ3n) is 4.42. The van der Waals surface area contributed by atoms with Gasteiger partial charge in [0.1, 0.15) is 17.3 Å². The number of halogens is 3. The Bertz CT molecular complexity index is 1180. The van der Waals surface area contributed by atoms with Crippen LogP contribution in [0.15, 0.2) is 42.9 Å². The van der Waals surface area contributed by atoms with Crippen molar-refractivity contribution in [3.8, 4) is 5.88 Å². The monoisotopic (exact) mass is 399 g/mol. The molecule has 148 valence electrons. The average Bonchev–Trinajstić information content (AvgIpc) is 3.10. The van der Waals surface area contributed by atoms with Gasteiger partial charge in [0, 0.05) is 36.3 Å². The Morgan fingerprint density at radius 2 is 1.93 bits per heavy atom. The van der Waals surface area contributed by atoms with Crippen molar-refractivity contribution in [3.05, 3.63) is 77.1 Å². The molecule has 0 bridgehead atoms. The van der Waals surface area contributed by atoms with Gasteiger partial charge in [0.25, 0.3) is 0 Å². The van der Waals surface area contributed by atoms with Crippen LogP contribution in [0.2, 0.25) is 0 Å². The summed E-state index contributed by atoms with van der Waals surface area (Å²) in [4.78, 5) is 14.7. The molecule has 0 aliphatic heterocycles.